The molecule has 0 unspecified atom stereocenters. The third-order valence-electron chi connectivity index (χ3n) is 1.02. The summed E-state index contributed by atoms with van der Waals surface area (Å²) in [4.78, 5) is 13.1. The normalized spacial score (nSPS) is 7.90. The van der Waals surface area contributed by atoms with Crippen molar-refractivity contribution in [3.8, 4) is 0 Å². The van der Waals surface area contributed by atoms with Crippen LogP contribution < -0.4 is 5.56 Å². The van der Waals surface area contributed by atoms with Gasteiger partial charge in [0.15, 0.2) is 0 Å². The number of aryl methyl sites for hydroxylation is 1. The first-order valence-corrected chi connectivity index (χ1v) is 3.45. The predicted molar refractivity (Wildman–Crippen MR) is 45.3 cm³/mol. The van der Waals surface area contributed by atoms with Crippen LogP contribution in [0.2, 0.25) is 0 Å². The third-order valence-corrected chi connectivity index (χ3v) is 1.02. The fourth-order valence-corrected chi connectivity index (χ4v) is 0.506. The summed E-state index contributed by atoms with van der Waals surface area (Å²) >= 11 is 0. The van der Waals surface area contributed by atoms with E-state index >= 15 is 0 Å². The van der Waals surface area contributed by atoms with Gasteiger partial charge in [-0.1, -0.05) is 19.9 Å². The maximum absolute atomic E-state index is 10.6. The minimum atomic E-state index is -0.00694. The Morgan fingerprint density at radius 3 is 2.40 bits per heavy atom. The zero-order valence-corrected chi connectivity index (χ0v) is 6.64. The highest BCUT2D eigenvalue weighted by atomic mass is 16.1. The molecule has 2 heteroatoms. The van der Waals surface area contributed by atoms with Gasteiger partial charge in [0.1, 0.15) is 0 Å². The Morgan fingerprint density at radius 2 is 2.10 bits per heavy atom. The molecule has 0 amide bonds. The minimum Gasteiger partial charge on any atom is -0.329 e. The number of hydrogen-bond donors (Lipinski definition) is 1. The first-order chi connectivity index (χ1) is 4.80. The fraction of sp³-hybridized carbons (Fsp3) is 0.375. The molecule has 0 aliphatic carbocycles. The second-order valence-electron chi connectivity index (χ2n) is 1.68. The zero-order chi connectivity index (χ0) is 7.98. The second kappa shape index (κ2) is 4.79. The van der Waals surface area contributed by atoms with E-state index in [1.54, 1.807) is 25.3 Å². The van der Waals surface area contributed by atoms with E-state index in [4.69, 9.17) is 0 Å². The third kappa shape index (κ3) is 2.49. The molecule has 0 aliphatic heterocycles. The number of nitrogens with one attached hydrogen (secondary N) is 1. The number of rotatable bonds is 0. The van der Waals surface area contributed by atoms with E-state index in [9.17, 15) is 4.79 Å². The van der Waals surface area contributed by atoms with Crippen molar-refractivity contribution in [2.75, 3.05) is 0 Å². The van der Waals surface area contributed by atoms with Crippen LogP contribution in [0, 0.1) is 6.92 Å². The van der Waals surface area contributed by atoms with Gasteiger partial charge in [0, 0.05) is 13.2 Å². The smallest absolute Gasteiger partial charge is 0.250 e. The lowest BCUT2D eigenvalue weighted by atomic mass is 10.3. The van der Waals surface area contributed by atoms with Gasteiger partial charge >= 0.3 is 0 Å². The van der Waals surface area contributed by atoms with Gasteiger partial charge in [-0.15, -0.1) is 0 Å². The molecule has 0 saturated carbocycles. The second-order valence-corrected chi connectivity index (χ2v) is 1.68. The van der Waals surface area contributed by atoms with Gasteiger partial charge in [0.05, 0.1) is 0 Å². The van der Waals surface area contributed by atoms with Gasteiger partial charge < -0.3 is 4.98 Å². The number of hydrogen-bond acceptors (Lipinski definition) is 1. The van der Waals surface area contributed by atoms with Crippen LogP contribution in [0.4, 0.5) is 0 Å². The lowest BCUT2D eigenvalue weighted by Crippen LogP contribution is -2.06. The van der Waals surface area contributed by atoms with Crippen LogP contribution in [0.5, 0.6) is 0 Å². The highest BCUT2D eigenvalue weighted by molar-refractivity contribution is 5.05. The molecule has 0 fully saturated rings. The van der Waals surface area contributed by atoms with Gasteiger partial charge in [-0.25, -0.2) is 0 Å². The largest absolute Gasteiger partial charge is 0.329 e. The van der Waals surface area contributed by atoms with Crippen molar-refractivity contribution in [3.63, 3.8) is 0 Å². The maximum Gasteiger partial charge on any atom is 0.250 e. The van der Waals surface area contributed by atoms with E-state index in [2.05, 4.69) is 4.98 Å². The number of aromatic amines is 1. The van der Waals surface area contributed by atoms with Gasteiger partial charge in [-0.2, -0.15) is 0 Å². The molecule has 0 radical (unpaired) electrons. The lowest BCUT2D eigenvalue weighted by Gasteiger charge is -1.83. The summed E-state index contributed by atoms with van der Waals surface area (Å²) in [5, 5.41) is 0. The van der Waals surface area contributed by atoms with Crippen LogP contribution in [0.3, 0.4) is 0 Å². The molecule has 0 bridgehead atoms. The van der Waals surface area contributed by atoms with Gasteiger partial charge in [-0.3, -0.25) is 4.79 Å². The first-order valence-electron chi connectivity index (χ1n) is 3.45. The van der Waals surface area contributed by atoms with E-state index in [1.807, 2.05) is 13.8 Å². The molecule has 0 atom stereocenters. The topological polar surface area (TPSA) is 32.9 Å². The Hall–Kier alpha value is -1.05. The Kier molecular flexibility index (Phi) is 4.29. The summed E-state index contributed by atoms with van der Waals surface area (Å²) < 4.78 is 0. The summed E-state index contributed by atoms with van der Waals surface area (Å²) in [7, 11) is 0. The van der Waals surface area contributed by atoms with Crippen molar-refractivity contribution in [3.05, 3.63) is 34.2 Å². The molecule has 1 N–H and O–H groups in total. The molecule has 0 aromatic carbocycles. The highest BCUT2D eigenvalue weighted by Gasteiger charge is 1.83. The van der Waals surface area contributed by atoms with Gasteiger partial charge in [0.25, 0.3) is 5.56 Å². The van der Waals surface area contributed by atoms with Crippen LogP contribution in [0.25, 0.3) is 0 Å². The van der Waals surface area contributed by atoms with Crippen molar-refractivity contribution in [2.24, 2.45) is 0 Å². The summed E-state index contributed by atoms with van der Waals surface area (Å²) in [6, 6.07) is 3.58. The zero-order valence-electron chi connectivity index (χ0n) is 6.64. The van der Waals surface area contributed by atoms with E-state index < -0.39 is 0 Å². The maximum atomic E-state index is 10.6. The molecule has 1 aromatic rings. The van der Waals surface area contributed by atoms with Gasteiger partial charge in [0.2, 0.25) is 0 Å². The number of pyridine rings is 1. The average molecular weight is 141 g/mol. The average Bonchev–Trinajstić information content (AvgIpc) is 2.00. The molecule has 58 valence electrons. The van der Waals surface area contributed by atoms with E-state index in [-0.39, 0.29) is 6.99 Å². The van der Waals surface area contributed by atoms with Crippen molar-refractivity contribution in [1.82, 2.24) is 4.98 Å². The SMILES string of the molecule is CC.Cc1ccc[nH]c1=O.[HH]. The van der Waals surface area contributed by atoms with Gasteiger partial charge in [-0.05, 0) is 13.0 Å². The molecule has 10 heavy (non-hydrogen) atoms. The minimum absolute atomic E-state index is 0. The lowest BCUT2D eigenvalue weighted by molar-refractivity contribution is 1.18. The van der Waals surface area contributed by atoms with Crippen molar-refractivity contribution >= 4 is 0 Å². The molecule has 1 aromatic heterocycles. The van der Waals surface area contributed by atoms with Crippen LogP contribution in [-0.4, -0.2) is 4.98 Å². The fourth-order valence-electron chi connectivity index (χ4n) is 0.506. The monoisotopic (exact) mass is 141 g/mol. The summed E-state index contributed by atoms with van der Waals surface area (Å²) in [5.41, 5.74) is 0.750. The Balaban J connectivity index is 0. The molecule has 2 nitrogen and oxygen atoms in total. The molecular formula is C8H15NO. The summed E-state index contributed by atoms with van der Waals surface area (Å²) in [6.07, 6.45) is 1.62. The number of H-pyrrole nitrogens is 1. The van der Waals surface area contributed by atoms with Crippen molar-refractivity contribution in [1.29, 1.82) is 0 Å². The standard InChI is InChI=1S/C6H7NO.C2H6.H2/c1-5-3-2-4-7-6(5)8;1-2;/h2-4H,1H3,(H,7,8);1-2H3;1H. The summed E-state index contributed by atoms with van der Waals surface area (Å²) in [6.45, 7) is 5.78. The van der Waals surface area contributed by atoms with E-state index in [0.717, 1.165) is 5.56 Å². The van der Waals surface area contributed by atoms with Crippen molar-refractivity contribution in [2.45, 2.75) is 20.8 Å². The molecule has 0 aliphatic rings. The van der Waals surface area contributed by atoms with E-state index in [1.165, 1.54) is 0 Å². The van der Waals surface area contributed by atoms with Crippen LogP contribution in [0.15, 0.2) is 23.1 Å². The van der Waals surface area contributed by atoms with Crippen LogP contribution >= 0.6 is 0 Å². The Morgan fingerprint density at radius 1 is 1.50 bits per heavy atom. The molecule has 0 spiro atoms. The van der Waals surface area contributed by atoms with Crippen LogP contribution in [-0.2, 0) is 0 Å². The first kappa shape index (κ1) is 8.95. The van der Waals surface area contributed by atoms with Crippen molar-refractivity contribution < 1.29 is 1.43 Å². The van der Waals surface area contributed by atoms with Crippen LogP contribution in [0.1, 0.15) is 20.8 Å². The number of aromatic nitrogens is 1. The molecule has 1 rings (SSSR count). The molecule has 1 heterocycles. The Labute approximate surface area is 62.4 Å². The highest BCUT2D eigenvalue weighted by Crippen LogP contribution is 1.81. The Bertz CT molecular complexity index is 232. The summed E-state index contributed by atoms with van der Waals surface area (Å²) in [5.74, 6) is 0. The predicted octanol–water partition coefficient (Wildman–Crippen LogP) is 1.96. The quantitative estimate of drug-likeness (QED) is 0.588. The molecule has 0 saturated heterocycles. The molecular weight excluding hydrogens is 126 g/mol. The van der Waals surface area contributed by atoms with E-state index in [0.29, 0.717) is 0 Å².